The fourth-order valence-corrected chi connectivity index (χ4v) is 4.02. The van der Waals surface area contributed by atoms with Gasteiger partial charge >= 0.3 is 11.9 Å². The van der Waals surface area contributed by atoms with Crippen LogP contribution in [0.25, 0.3) is 0 Å². The quantitative estimate of drug-likeness (QED) is 0.0741. The van der Waals surface area contributed by atoms with Crippen molar-refractivity contribution < 1.29 is 29.0 Å². The van der Waals surface area contributed by atoms with Crippen molar-refractivity contribution in [3.63, 3.8) is 0 Å². The molecule has 0 aromatic rings. The van der Waals surface area contributed by atoms with Gasteiger partial charge in [-0.05, 0) is 12.8 Å². The van der Waals surface area contributed by atoms with E-state index in [0.717, 1.165) is 25.7 Å². The van der Waals surface area contributed by atoms with Crippen molar-refractivity contribution in [3.8, 4) is 0 Å². The van der Waals surface area contributed by atoms with Crippen molar-refractivity contribution >= 4 is 17.7 Å². The minimum atomic E-state index is -0.526. The van der Waals surface area contributed by atoms with Gasteiger partial charge in [-0.3, -0.25) is 14.4 Å². The average Bonchev–Trinajstić information content (AvgIpc) is 2.92. The van der Waals surface area contributed by atoms with Crippen molar-refractivity contribution in [2.75, 3.05) is 14.2 Å². The maximum absolute atomic E-state index is 11.3. The molecule has 0 fully saturated rings. The number of ketones is 1. The fraction of sp³-hybridized carbons (Fsp3) is 0.906. The highest BCUT2D eigenvalue weighted by atomic mass is 16.5. The predicted octanol–water partition coefficient (Wildman–Crippen LogP) is 8.90. The van der Waals surface area contributed by atoms with Gasteiger partial charge in [-0.1, -0.05) is 137 Å². The van der Waals surface area contributed by atoms with Gasteiger partial charge in [0, 0.05) is 6.42 Å². The first-order valence-corrected chi connectivity index (χ1v) is 15.7. The molecule has 0 unspecified atom stereocenters. The molecule has 0 aromatic carbocycles. The van der Waals surface area contributed by atoms with Gasteiger partial charge < -0.3 is 14.6 Å². The second-order valence-corrected chi connectivity index (χ2v) is 9.92. The van der Waals surface area contributed by atoms with E-state index >= 15 is 0 Å². The van der Waals surface area contributed by atoms with Crippen LogP contribution in [0.3, 0.4) is 0 Å². The van der Waals surface area contributed by atoms with Gasteiger partial charge in [0.2, 0.25) is 0 Å². The number of carbonyl (C=O) groups is 3. The number of esters is 2. The van der Waals surface area contributed by atoms with Crippen LogP contribution in [0, 0.1) is 0 Å². The van der Waals surface area contributed by atoms with Crippen LogP contribution in [-0.2, 0) is 23.9 Å². The lowest BCUT2D eigenvalue weighted by Crippen LogP contribution is -2.14. The van der Waals surface area contributed by atoms with Crippen molar-refractivity contribution in [2.45, 2.75) is 175 Å². The van der Waals surface area contributed by atoms with Gasteiger partial charge in [0.05, 0.1) is 26.7 Å². The molecular formula is C32H64O6. The summed E-state index contributed by atoms with van der Waals surface area (Å²) in [6.07, 6.45) is 23.4. The maximum atomic E-state index is 11.3. The van der Waals surface area contributed by atoms with Gasteiger partial charge in [-0.25, -0.2) is 0 Å². The summed E-state index contributed by atoms with van der Waals surface area (Å²) in [4.78, 5) is 33.1. The molecule has 0 bridgehead atoms. The van der Waals surface area contributed by atoms with Crippen molar-refractivity contribution in [2.24, 2.45) is 0 Å². The normalized spacial score (nSPS) is 10.9. The van der Waals surface area contributed by atoms with Gasteiger partial charge in [0.1, 0.15) is 12.2 Å². The number of unbranched alkanes of at least 4 members (excludes halogenated alkanes) is 16. The monoisotopic (exact) mass is 544 g/mol. The number of methoxy groups -OCH3 is 2. The average molecular weight is 545 g/mol. The number of aliphatic hydroxyl groups excluding tert-OH is 1. The van der Waals surface area contributed by atoms with Crippen LogP contribution in [0.1, 0.15) is 169 Å². The third-order valence-corrected chi connectivity index (χ3v) is 6.40. The van der Waals surface area contributed by atoms with E-state index in [2.05, 4.69) is 23.3 Å². The molecule has 0 spiro atoms. The summed E-state index contributed by atoms with van der Waals surface area (Å²) in [6, 6.07) is 0. The van der Waals surface area contributed by atoms with Crippen LogP contribution in [-0.4, -0.2) is 43.2 Å². The Bertz CT molecular complexity index is 506. The van der Waals surface area contributed by atoms with E-state index in [1.54, 1.807) is 0 Å². The number of aliphatic hydroxyl groups is 1. The third kappa shape index (κ3) is 36.7. The van der Waals surface area contributed by atoms with Crippen LogP contribution < -0.4 is 0 Å². The van der Waals surface area contributed by atoms with Crippen molar-refractivity contribution in [3.05, 3.63) is 0 Å². The van der Waals surface area contributed by atoms with E-state index in [9.17, 15) is 19.5 Å². The number of ether oxygens (including phenoxy) is 2. The maximum Gasteiger partial charge on any atom is 0.313 e. The lowest BCUT2D eigenvalue weighted by molar-refractivity contribution is -0.144. The standard InChI is InChI=1S/C15H30O3.C15H28O3.C2H6/c2*1-3-4-5-6-7-8-9-10-11-12-14(16)13-15(17)18-2;1-2/h14,16H,3-13H2,1-2H3;3-13H2,1-2H3;1-2H3/t14-;;/m1../s1. The van der Waals surface area contributed by atoms with Crippen molar-refractivity contribution in [1.82, 2.24) is 0 Å². The van der Waals surface area contributed by atoms with E-state index in [0.29, 0.717) is 12.8 Å². The van der Waals surface area contributed by atoms with Gasteiger partial charge in [-0.15, -0.1) is 0 Å². The zero-order valence-corrected chi connectivity index (χ0v) is 26.1. The molecule has 1 atom stereocenters. The molecule has 6 nitrogen and oxygen atoms in total. The fourth-order valence-electron chi connectivity index (χ4n) is 4.02. The predicted molar refractivity (Wildman–Crippen MR) is 159 cm³/mol. The molecule has 0 saturated carbocycles. The summed E-state index contributed by atoms with van der Waals surface area (Å²) >= 11 is 0. The van der Waals surface area contributed by atoms with E-state index in [-0.39, 0.29) is 24.6 Å². The van der Waals surface area contributed by atoms with E-state index < -0.39 is 12.1 Å². The molecule has 0 saturated heterocycles. The Labute approximate surface area is 236 Å². The van der Waals surface area contributed by atoms with Crippen molar-refractivity contribution in [1.29, 1.82) is 0 Å². The molecule has 6 heteroatoms. The first-order chi connectivity index (χ1) is 18.4. The second-order valence-electron chi connectivity index (χ2n) is 9.92. The largest absolute Gasteiger partial charge is 0.469 e. The molecule has 0 aliphatic carbocycles. The number of rotatable bonds is 24. The first kappa shape index (κ1) is 41.1. The van der Waals surface area contributed by atoms with Gasteiger partial charge in [0.25, 0.3) is 0 Å². The minimum Gasteiger partial charge on any atom is -0.469 e. The Kier molecular flexibility index (Phi) is 38.4. The molecule has 0 aliphatic rings. The molecule has 38 heavy (non-hydrogen) atoms. The number of hydrogen-bond acceptors (Lipinski definition) is 6. The van der Waals surface area contributed by atoms with E-state index in [4.69, 9.17) is 0 Å². The lowest BCUT2D eigenvalue weighted by atomic mass is 10.0. The van der Waals surface area contributed by atoms with Crippen LogP contribution in [0.15, 0.2) is 0 Å². The summed E-state index contributed by atoms with van der Waals surface area (Å²) in [5.41, 5.74) is 0. The summed E-state index contributed by atoms with van der Waals surface area (Å²) in [6.45, 7) is 8.46. The van der Waals surface area contributed by atoms with Crippen LogP contribution >= 0.6 is 0 Å². The Morgan fingerprint density at radius 2 is 0.947 bits per heavy atom. The zero-order valence-electron chi connectivity index (χ0n) is 26.1. The van der Waals surface area contributed by atoms with E-state index in [1.807, 2.05) is 13.8 Å². The molecule has 0 aromatic heterocycles. The first-order valence-electron chi connectivity index (χ1n) is 15.7. The molecular weight excluding hydrogens is 480 g/mol. The molecule has 228 valence electrons. The minimum absolute atomic E-state index is 0.00444. The molecule has 1 N–H and O–H groups in total. The molecule has 0 radical (unpaired) electrons. The Morgan fingerprint density at radius 1 is 0.579 bits per heavy atom. The summed E-state index contributed by atoms with van der Waals surface area (Å²) < 4.78 is 8.97. The Morgan fingerprint density at radius 3 is 1.34 bits per heavy atom. The topological polar surface area (TPSA) is 89.9 Å². The third-order valence-electron chi connectivity index (χ3n) is 6.40. The highest BCUT2D eigenvalue weighted by Crippen LogP contribution is 2.13. The molecule has 0 heterocycles. The lowest BCUT2D eigenvalue weighted by Gasteiger charge is -2.08. The summed E-state index contributed by atoms with van der Waals surface area (Å²) in [5, 5.41) is 9.55. The summed E-state index contributed by atoms with van der Waals surface area (Å²) in [7, 11) is 2.67. The number of hydrogen-bond donors (Lipinski definition) is 1. The summed E-state index contributed by atoms with van der Waals surface area (Å²) in [5.74, 6) is -0.737. The molecule has 0 rings (SSSR count). The zero-order chi connectivity index (χ0) is 29.3. The van der Waals surface area contributed by atoms with Crippen LogP contribution in [0.2, 0.25) is 0 Å². The Hall–Kier alpha value is -1.43. The highest BCUT2D eigenvalue weighted by Gasteiger charge is 2.10. The Balaban J connectivity index is -0.000000605. The SMILES string of the molecule is CC.CCCCCCCCCCCC(=O)CC(=O)OC.CCCCCCCCCCC[C@@H](O)CC(=O)OC. The number of Topliss-reactive ketones (excluding diaryl/α,β-unsaturated/α-hetero) is 1. The van der Waals surface area contributed by atoms with E-state index in [1.165, 1.54) is 104 Å². The molecule has 0 amide bonds. The van der Waals surface area contributed by atoms with Gasteiger partial charge in [0.15, 0.2) is 0 Å². The highest BCUT2D eigenvalue weighted by molar-refractivity contribution is 5.95. The second kappa shape index (κ2) is 35.6. The number of carbonyl (C=O) groups excluding carboxylic acids is 3. The van der Waals surface area contributed by atoms with Crippen LogP contribution in [0.5, 0.6) is 0 Å². The molecule has 0 aliphatic heterocycles. The van der Waals surface area contributed by atoms with Crippen LogP contribution in [0.4, 0.5) is 0 Å². The smallest absolute Gasteiger partial charge is 0.313 e. The van der Waals surface area contributed by atoms with Gasteiger partial charge in [-0.2, -0.15) is 0 Å².